The second-order valence-corrected chi connectivity index (χ2v) is 6.81. The maximum absolute atomic E-state index is 13.2. The molecular formula is C18H23ClFN3O2S. The maximum atomic E-state index is 13.2. The highest BCUT2D eigenvalue weighted by molar-refractivity contribution is 7.18. The summed E-state index contributed by atoms with van der Waals surface area (Å²) in [5, 5.41) is 9.36. The predicted octanol–water partition coefficient (Wildman–Crippen LogP) is 3.60. The Hall–Kier alpha value is -1.96. The molecule has 142 valence electrons. The number of carbonyl (C=O) groups is 2. The summed E-state index contributed by atoms with van der Waals surface area (Å²) in [6, 6.07) is 7.39. The van der Waals surface area contributed by atoms with Crippen LogP contribution in [0.25, 0.3) is 0 Å². The molecule has 2 amide bonds. The summed E-state index contributed by atoms with van der Waals surface area (Å²) >= 11 is 1.20. The first kappa shape index (κ1) is 22.1. The van der Waals surface area contributed by atoms with E-state index in [1.807, 2.05) is 20.8 Å². The smallest absolute Gasteiger partial charge is 0.261 e. The van der Waals surface area contributed by atoms with E-state index in [9.17, 15) is 14.0 Å². The molecule has 0 unspecified atom stereocenters. The van der Waals surface area contributed by atoms with Gasteiger partial charge >= 0.3 is 0 Å². The molecule has 0 saturated heterocycles. The fourth-order valence-electron chi connectivity index (χ4n) is 2.33. The number of nitrogens with one attached hydrogen (secondary N) is 3. The summed E-state index contributed by atoms with van der Waals surface area (Å²) in [6.45, 7) is 7.18. The van der Waals surface area contributed by atoms with Gasteiger partial charge in [0.2, 0.25) is 0 Å². The number of hydrogen-bond acceptors (Lipinski definition) is 4. The van der Waals surface area contributed by atoms with E-state index < -0.39 is 11.7 Å². The fraction of sp³-hybridized carbons (Fsp3) is 0.333. The first-order valence-corrected chi connectivity index (χ1v) is 8.91. The molecule has 0 spiro atoms. The van der Waals surface area contributed by atoms with Crippen molar-refractivity contribution in [2.45, 2.75) is 26.8 Å². The van der Waals surface area contributed by atoms with E-state index in [1.54, 1.807) is 6.07 Å². The highest BCUT2D eigenvalue weighted by atomic mass is 35.5. The lowest BCUT2D eigenvalue weighted by molar-refractivity contribution is 0.0952. The van der Waals surface area contributed by atoms with Gasteiger partial charge in [-0.05, 0) is 50.2 Å². The van der Waals surface area contributed by atoms with E-state index in [2.05, 4.69) is 16.0 Å². The first-order chi connectivity index (χ1) is 11.9. The largest absolute Gasteiger partial charge is 0.350 e. The number of anilines is 1. The number of benzene rings is 1. The molecule has 2 rings (SSSR count). The summed E-state index contributed by atoms with van der Waals surface area (Å²) in [7, 11) is 0. The lowest BCUT2D eigenvalue weighted by Gasteiger charge is -2.12. The molecule has 5 nitrogen and oxygen atoms in total. The van der Waals surface area contributed by atoms with Crippen LogP contribution < -0.4 is 16.0 Å². The molecule has 0 bridgehead atoms. The molecule has 3 N–H and O–H groups in total. The summed E-state index contributed by atoms with van der Waals surface area (Å²) in [5.74, 6) is -1.04. The third-order valence-corrected chi connectivity index (χ3v) is 4.72. The molecule has 0 fully saturated rings. The Labute approximate surface area is 162 Å². The normalized spacial score (nSPS) is 11.4. The van der Waals surface area contributed by atoms with Gasteiger partial charge in [-0.1, -0.05) is 13.0 Å². The third-order valence-electron chi connectivity index (χ3n) is 3.57. The number of carbonyl (C=O) groups excluding carboxylic acids is 2. The van der Waals surface area contributed by atoms with Crippen molar-refractivity contribution in [2.75, 3.05) is 18.4 Å². The fourth-order valence-corrected chi connectivity index (χ4v) is 3.31. The second-order valence-electron chi connectivity index (χ2n) is 5.76. The van der Waals surface area contributed by atoms with E-state index >= 15 is 0 Å². The molecule has 0 aliphatic carbocycles. The second kappa shape index (κ2) is 10.3. The van der Waals surface area contributed by atoms with E-state index in [4.69, 9.17) is 0 Å². The van der Waals surface area contributed by atoms with E-state index in [0.29, 0.717) is 16.4 Å². The predicted molar refractivity (Wildman–Crippen MR) is 106 cm³/mol. The molecular weight excluding hydrogens is 377 g/mol. The van der Waals surface area contributed by atoms with Gasteiger partial charge in [-0.3, -0.25) is 9.59 Å². The monoisotopic (exact) mass is 399 g/mol. The average Bonchev–Trinajstić information content (AvgIpc) is 2.93. The van der Waals surface area contributed by atoms with Crippen LogP contribution in [-0.2, 0) is 0 Å². The molecule has 0 radical (unpaired) electrons. The SMILES string of the molecule is CCN[C@H](C)CNC(=O)c1sc(NC(=O)c2cccc(F)c2)cc1C.Cl. The zero-order chi connectivity index (χ0) is 18.4. The zero-order valence-corrected chi connectivity index (χ0v) is 16.5. The van der Waals surface area contributed by atoms with Crippen molar-refractivity contribution < 1.29 is 14.0 Å². The van der Waals surface area contributed by atoms with Crippen molar-refractivity contribution >= 4 is 40.6 Å². The molecule has 0 aliphatic rings. The maximum Gasteiger partial charge on any atom is 0.261 e. The van der Waals surface area contributed by atoms with Gasteiger partial charge in [0.1, 0.15) is 5.82 Å². The van der Waals surface area contributed by atoms with Crippen LogP contribution in [0.2, 0.25) is 0 Å². The quantitative estimate of drug-likeness (QED) is 0.666. The Kier molecular flexibility index (Phi) is 8.71. The number of halogens is 2. The van der Waals surface area contributed by atoms with E-state index in [0.717, 1.165) is 12.1 Å². The first-order valence-electron chi connectivity index (χ1n) is 8.09. The standard InChI is InChI=1S/C18H22FN3O2S.ClH/c1-4-20-12(3)10-21-18(24)16-11(2)8-15(25-16)22-17(23)13-6-5-7-14(19)9-13;/h5-9,12,20H,4,10H2,1-3H3,(H,21,24)(H,22,23);1H/t12-;/m1./s1. The van der Waals surface area contributed by atoms with E-state index in [-0.39, 0.29) is 29.9 Å². The number of likely N-dealkylation sites (N-methyl/N-ethyl adjacent to an activating group) is 1. The van der Waals surface area contributed by atoms with Gasteiger partial charge in [0.15, 0.2) is 0 Å². The molecule has 1 heterocycles. The van der Waals surface area contributed by atoms with Crippen molar-refractivity contribution in [1.29, 1.82) is 0 Å². The van der Waals surface area contributed by atoms with Gasteiger partial charge < -0.3 is 16.0 Å². The Morgan fingerprint density at radius 3 is 2.62 bits per heavy atom. The van der Waals surface area contributed by atoms with Crippen LogP contribution in [0.15, 0.2) is 30.3 Å². The number of aryl methyl sites for hydroxylation is 1. The molecule has 1 aromatic heterocycles. The minimum absolute atomic E-state index is 0. The van der Waals surface area contributed by atoms with Crippen LogP contribution in [0.4, 0.5) is 9.39 Å². The minimum atomic E-state index is -0.468. The van der Waals surface area contributed by atoms with Crippen LogP contribution in [0.5, 0.6) is 0 Å². The molecule has 2 aromatic rings. The summed E-state index contributed by atoms with van der Waals surface area (Å²) in [4.78, 5) is 25.0. The number of hydrogen-bond donors (Lipinski definition) is 3. The Balaban J connectivity index is 0.00000338. The molecule has 1 atom stereocenters. The topological polar surface area (TPSA) is 70.2 Å². The van der Waals surface area contributed by atoms with Gasteiger partial charge in [0.05, 0.1) is 9.88 Å². The van der Waals surface area contributed by atoms with Gasteiger partial charge in [0, 0.05) is 18.2 Å². The molecule has 0 aliphatic heterocycles. The van der Waals surface area contributed by atoms with Gasteiger partial charge in [-0.25, -0.2) is 4.39 Å². The molecule has 1 aromatic carbocycles. The van der Waals surface area contributed by atoms with Gasteiger partial charge in [-0.15, -0.1) is 23.7 Å². The van der Waals surface area contributed by atoms with Gasteiger partial charge in [0.25, 0.3) is 11.8 Å². The Bertz CT molecular complexity index is 767. The Morgan fingerprint density at radius 1 is 1.23 bits per heavy atom. The van der Waals surface area contributed by atoms with Crippen molar-refractivity contribution in [3.8, 4) is 0 Å². The molecule has 0 saturated carbocycles. The summed E-state index contributed by atoms with van der Waals surface area (Å²) in [5.41, 5.74) is 1.02. The van der Waals surface area contributed by atoms with Crippen LogP contribution in [0, 0.1) is 12.7 Å². The molecule has 26 heavy (non-hydrogen) atoms. The minimum Gasteiger partial charge on any atom is -0.350 e. The number of thiophene rings is 1. The van der Waals surface area contributed by atoms with Crippen LogP contribution in [-0.4, -0.2) is 30.9 Å². The van der Waals surface area contributed by atoms with Crippen molar-refractivity contribution in [3.05, 3.63) is 52.2 Å². The lowest BCUT2D eigenvalue weighted by Crippen LogP contribution is -2.38. The highest BCUT2D eigenvalue weighted by Gasteiger charge is 2.16. The Morgan fingerprint density at radius 2 is 1.96 bits per heavy atom. The summed E-state index contributed by atoms with van der Waals surface area (Å²) < 4.78 is 13.2. The van der Waals surface area contributed by atoms with Crippen molar-refractivity contribution in [3.63, 3.8) is 0 Å². The zero-order valence-electron chi connectivity index (χ0n) is 14.9. The third kappa shape index (κ3) is 6.09. The van der Waals surface area contributed by atoms with Crippen molar-refractivity contribution in [1.82, 2.24) is 10.6 Å². The lowest BCUT2D eigenvalue weighted by atomic mass is 10.2. The average molecular weight is 400 g/mol. The summed E-state index contributed by atoms with van der Waals surface area (Å²) in [6.07, 6.45) is 0. The van der Waals surface area contributed by atoms with E-state index in [1.165, 1.54) is 35.6 Å². The van der Waals surface area contributed by atoms with Crippen LogP contribution in [0.1, 0.15) is 39.4 Å². The van der Waals surface area contributed by atoms with Crippen molar-refractivity contribution in [2.24, 2.45) is 0 Å². The van der Waals surface area contributed by atoms with Crippen LogP contribution in [0.3, 0.4) is 0 Å². The molecule has 8 heteroatoms. The highest BCUT2D eigenvalue weighted by Crippen LogP contribution is 2.27. The number of rotatable bonds is 7. The van der Waals surface area contributed by atoms with Crippen LogP contribution >= 0.6 is 23.7 Å². The van der Waals surface area contributed by atoms with Gasteiger partial charge in [-0.2, -0.15) is 0 Å². The number of amides is 2.